The molecule has 0 fully saturated rings. The van der Waals surface area contributed by atoms with E-state index in [0.29, 0.717) is 49.9 Å². The van der Waals surface area contributed by atoms with Gasteiger partial charge in [-0.25, -0.2) is 28.8 Å². The second-order valence-corrected chi connectivity index (χ2v) is 20.4. The fourth-order valence-electron chi connectivity index (χ4n) is 8.11. The SMILES string of the molecule is C=CC(=O)OCCCCCCOC.C=CC(=O)OCCCCCCOc1ccc(C(=O)OC)cc1.C=CC(=O)OCCCCCCc1ccc(-c2ccc(C)cc2)cc1.C=CC(=O)OCCCCCCc1ccc(C(=O)Oc2ccc(C)c(C)c2)cc1. The number of hydrogen-bond donors (Lipinski definition) is 0. The summed E-state index contributed by atoms with van der Waals surface area (Å²) < 4.78 is 40.2. The summed E-state index contributed by atoms with van der Waals surface area (Å²) in [6.45, 7) is 22.8. The molecule has 470 valence electrons. The lowest BCUT2D eigenvalue weighted by Gasteiger charge is -2.08. The third-order valence-corrected chi connectivity index (χ3v) is 13.4. The molecule has 5 rings (SSSR count). The second kappa shape index (κ2) is 47.8. The van der Waals surface area contributed by atoms with Crippen LogP contribution in [0, 0.1) is 20.8 Å². The van der Waals surface area contributed by atoms with Gasteiger partial charge in [-0.15, -0.1) is 0 Å². The van der Waals surface area contributed by atoms with Crippen molar-refractivity contribution in [3.8, 4) is 22.6 Å². The van der Waals surface area contributed by atoms with E-state index in [1.807, 2.05) is 56.3 Å². The van der Waals surface area contributed by atoms with Crippen LogP contribution < -0.4 is 9.47 Å². The summed E-state index contributed by atoms with van der Waals surface area (Å²) in [7, 11) is 3.05. The molecule has 0 heterocycles. The van der Waals surface area contributed by atoms with Crippen LogP contribution in [0.5, 0.6) is 11.5 Å². The molecule has 5 aromatic rings. The minimum Gasteiger partial charge on any atom is -0.494 e. The van der Waals surface area contributed by atoms with Gasteiger partial charge in [-0.05, 0) is 186 Å². The van der Waals surface area contributed by atoms with Gasteiger partial charge in [0.1, 0.15) is 11.5 Å². The molecular weight excluding hydrogens is 1100 g/mol. The van der Waals surface area contributed by atoms with Crippen molar-refractivity contribution in [1.82, 2.24) is 0 Å². The summed E-state index contributed by atoms with van der Waals surface area (Å²) in [6.07, 6.45) is 23.1. The van der Waals surface area contributed by atoms with Gasteiger partial charge in [0, 0.05) is 38.0 Å². The van der Waals surface area contributed by atoms with E-state index in [1.54, 1.807) is 31.4 Å². The van der Waals surface area contributed by atoms with E-state index in [4.69, 9.17) is 33.2 Å². The fourth-order valence-corrected chi connectivity index (χ4v) is 8.11. The molecule has 0 aliphatic heterocycles. The average molecular weight is 1200 g/mol. The maximum absolute atomic E-state index is 12.3. The van der Waals surface area contributed by atoms with Gasteiger partial charge in [0.15, 0.2) is 0 Å². The zero-order chi connectivity index (χ0) is 63.7. The number of unbranched alkanes of at least 4 members (excludes halogenated alkanes) is 12. The molecule has 0 atom stereocenters. The van der Waals surface area contributed by atoms with Gasteiger partial charge in [-0.1, -0.05) is 131 Å². The molecule has 0 amide bonds. The largest absolute Gasteiger partial charge is 0.494 e. The maximum atomic E-state index is 12.3. The van der Waals surface area contributed by atoms with E-state index in [1.165, 1.54) is 71.2 Å². The molecule has 14 nitrogen and oxygen atoms in total. The van der Waals surface area contributed by atoms with Crippen molar-refractivity contribution in [3.63, 3.8) is 0 Å². The topological polar surface area (TPSA) is 176 Å². The molecular formula is C73H94O14. The van der Waals surface area contributed by atoms with Crippen molar-refractivity contribution in [2.24, 2.45) is 0 Å². The van der Waals surface area contributed by atoms with Crippen LogP contribution in [0.15, 0.2) is 166 Å². The lowest BCUT2D eigenvalue weighted by atomic mass is 10.0. The van der Waals surface area contributed by atoms with Crippen molar-refractivity contribution in [2.75, 3.05) is 53.9 Å². The zero-order valence-electron chi connectivity index (χ0n) is 52.3. The molecule has 0 aliphatic carbocycles. The molecule has 14 heteroatoms. The van der Waals surface area contributed by atoms with Crippen molar-refractivity contribution in [2.45, 2.75) is 136 Å². The van der Waals surface area contributed by atoms with Crippen LogP contribution in [0.2, 0.25) is 0 Å². The van der Waals surface area contributed by atoms with Gasteiger partial charge < -0.3 is 37.9 Å². The summed E-state index contributed by atoms with van der Waals surface area (Å²) >= 11 is 0. The second-order valence-electron chi connectivity index (χ2n) is 20.4. The lowest BCUT2D eigenvalue weighted by molar-refractivity contribution is -0.138. The standard InChI is InChI=1S/C24H28O4.C22H26O2.C17H22O5.C10H18O3/c1-4-23(25)27-16-8-6-5-7-9-20-11-13-21(14-12-20)24(26)28-22-15-10-18(2)19(3)17-22;1-3-22(23)24-17-7-5-4-6-8-19-11-15-21(16-12-19)20-13-9-18(2)10-14-20;1-3-16(18)22-13-7-5-4-6-12-21-15-10-8-14(9-11-15)17(19)20-2;1-3-10(11)13-9-7-5-4-6-8-12-2/h4,10-15,17H,1,5-9,16H2,2-3H3;3,9-16H,1,4-8,17H2,2H3;3,8-11H,1,4-7,12-13H2,2H3;3H,1,4-9H2,2H3. The van der Waals surface area contributed by atoms with Crippen LogP contribution in [0.4, 0.5) is 0 Å². The minimum absolute atomic E-state index is 0.330. The van der Waals surface area contributed by atoms with Gasteiger partial charge in [0.2, 0.25) is 0 Å². The smallest absolute Gasteiger partial charge is 0.343 e. The Kier molecular flexibility index (Phi) is 41.1. The number of esters is 6. The van der Waals surface area contributed by atoms with Crippen LogP contribution in [-0.4, -0.2) is 89.7 Å². The van der Waals surface area contributed by atoms with Crippen molar-refractivity contribution < 1.29 is 66.7 Å². The maximum Gasteiger partial charge on any atom is 0.343 e. The van der Waals surface area contributed by atoms with Crippen LogP contribution in [0.25, 0.3) is 11.1 Å². The third-order valence-electron chi connectivity index (χ3n) is 13.4. The first kappa shape index (κ1) is 74.7. The summed E-state index contributed by atoms with van der Waals surface area (Å²) in [5.74, 6) is -0.813. The van der Waals surface area contributed by atoms with E-state index in [9.17, 15) is 28.8 Å². The van der Waals surface area contributed by atoms with E-state index >= 15 is 0 Å². The van der Waals surface area contributed by atoms with Gasteiger partial charge in [-0.3, -0.25) is 0 Å². The highest BCUT2D eigenvalue weighted by atomic mass is 16.6. The molecule has 0 aromatic heterocycles. The summed E-state index contributed by atoms with van der Waals surface area (Å²) in [6, 6.07) is 37.6. The van der Waals surface area contributed by atoms with Crippen LogP contribution in [-0.2, 0) is 60.4 Å². The van der Waals surface area contributed by atoms with Gasteiger partial charge in [0.05, 0.1) is 51.3 Å². The molecule has 0 saturated carbocycles. The van der Waals surface area contributed by atoms with E-state index in [0.717, 1.165) is 127 Å². The molecule has 0 unspecified atom stereocenters. The normalized spacial score (nSPS) is 10.1. The fraction of sp³-hybridized carbons (Fsp3) is 0.397. The average Bonchev–Trinajstić information content (AvgIpc) is 3.69. The Morgan fingerprint density at radius 2 is 0.724 bits per heavy atom. The Balaban J connectivity index is 0.000000407. The highest BCUT2D eigenvalue weighted by Gasteiger charge is 2.10. The first-order valence-corrected chi connectivity index (χ1v) is 30.2. The monoisotopic (exact) mass is 1190 g/mol. The molecule has 87 heavy (non-hydrogen) atoms. The number of hydrogen-bond acceptors (Lipinski definition) is 14. The summed E-state index contributed by atoms with van der Waals surface area (Å²) in [5, 5.41) is 0. The first-order valence-electron chi connectivity index (χ1n) is 30.2. The Morgan fingerprint density at radius 1 is 0.368 bits per heavy atom. The highest BCUT2D eigenvalue weighted by molar-refractivity contribution is 5.91. The molecule has 0 aliphatic rings. The third kappa shape index (κ3) is 36.3. The zero-order valence-corrected chi connectivity index (χ0v) is 52.3. The minimum atomic E-state index is -0.376. The quantitative estimate of drug-likeness (QED) is 0.0121. The number of carbonyl (C=O) groups is 6. The molecule has 5 aromatic carbocycles. The number of carbonyl (C=O) groups excluding carboxylic acids is 6. The van der Waals surface area contributed by atoms with Crippen LogP contribution >= 0.6 is 0 Å². The number of aryl methyl sites for hydroxylation is 5. The van der Waals surface area contributed by atoms with Gasteiger partial charge in [-0.2, -0.15) is 0 Å². The molecule has 0 saturated heterocycles. The Morgan fingerprint density at radius 3 is 1.13 bits per heavy atom. The number of rotatable bonds is 37. The molecule has 0 N–H and O–H groups in total. The first-order chi connectivity index (χ1) is 42.2. The number of ether oxygens (including phenoxy) is 8. The van der Waals surface area contributed by atoms with E-state index in [2.05, 4.69) is 86.5 Å². The van der Waals surface area contributed by atoms with Crippen molar-refractivity contribution in [3.05, 3.63) is 205 Å². The van der Waals surface area contributed by atoms with Gasteiger partial charge in [0.25, 0.3) is 0 Å². The van der Waals surface area contributed by atoms with E-state index < -0.39 is 0 Å². The predicted molar refractivity (Wildman–Crippen MR) is 345 cm³/mol. The Bertz CT molecular complexity index is 2780. The van der Waals surface area contributed by atoms with Crippen molar-refractivity contribution >= 4 is 35.8 Å². The molecule has 0 radical (unpaired) electrons. The van der Waals surface area contributed by atoms with Crippen molar-refractivity contribution in [1.29, 1.82) is 0 Å². The van der Waals surface area contributed by atoms with E-state index in [-0.39, 0.29) is 35.8 Å². The number of benzene rings is 5. The Hall–Kier alpha value is -8.36. The van der Waals surface area contributed by atoms with Crippen LogP contribution in [0.3, 0.4) is 0 Å². The van der Waals surface area contributed by atoms with Gasteiger partial charge >= 0.3 is 35.8 Å². The molecule has 0 bridgehead atoms. The predicted octanol–water partition coefficient (Wildman–Crippen LogP) is 15.9. The van der Waals surface area contributed by atoms with Crippen LogP contribution in [0.1, 0.15) is 151 Å². The highest BCUT2D eigenvalue weighted by Crippen LogP contribution is 2.22. The lowest BCUT2D eigenvalue weighted by Crippen LogP contribution is -2.08. The Labute approximate surface area is 517 Å². The summed E-state index contributed by atoms with van der Waals surface area (Å²) in [5.41, 5.74) is 9.71. The number of methoxy groups -OCH3 is 2. The summed E-state index contributed by atoms with van der Waals surface area (Å²) in [4.78, 5) is 66.8. The molecule has 0 spiro atoms.